The Morgan fingerprint density at radius 2 is 2.00 bits per heavy atom. The van der Waals surface area contributed by atoms with Crippen LogP contribution >= 0.6 is 11.7 Å². The Morgan fingerprint density at radius 1 is 1.25 bits per heavy atom. The van der Waals surface area contributed by atoms with Crippen LogP contribution in [-0.4, -0.2) is 29.6 Å². The van der Waals surface area contributed by atoms with Gasteiger partial charge in [-0.2, -0.15) is 8.75 Å². The van der Waals surface area contributed by atoms with Crippen LogP contribution in [0.1, 0.15) is 46.1 Å². The van der Waals surface area contributed by atoms with Crippen LogP contribution in [-0.2, 0) is 6.54 Å². The standard InChI is InChI=1S/C16H18N6OS/c1-10(13-7-5-4-6-8-13)17-16(23)15-12(3)22(21-18-15)9-14-11(2)19-24-20-14/h4-8,10H,9H2,1-3H3,(H,17,23). The van der Waals surface area contributed by atoms with Crippen LogP contribution in [0.4, 0.5) is 0 Å². The Morgan fingerprint density at radius 3 is 2.67 bits per heavy atom. The number of rotatable bonds is 5. The number of nitrogens with one attached hydrogen (secondary N) is 1. The van der Waals surface area contributed by atoms with Gasteiger partial charge in [0.25, 0.3) is 5.91 Å². The summed E-state index contributed by atoms with van der Waals surface area (Å²) >= 11 is 1.17. The zero-order valence-electron chi connectivity index (χ0n) is 13.7. The molecular weight excluding hydrogens is 324 g/mol. The molecule has 0 saturated carbocycles. The van der Waals surface area contributed by atoms with E-state index in [1.54, 1.807) is 4.68 Å². The maximum absolute atomic E-state index is 12.5. The fourth-order valence-electron chi connectivity index (χ4n) is 2.35. The first-order valence-corrected chi connectivity index (χ1v) is 8.33. The second kappa shape index (κ2) is 6.88. The van der Waals surface area contributed by atoms with Gasteiger partial charge in [0, 0.05) is 0 Å². The molecule has 0 radical (unpaired) electrons. The molecule has 0 saturated heterocycles. The summed E-state index contributed by atoms with van der Waals surface area (Å²) in [5.74, 6) is -0.233. The summed E-state index contributed by atoms with van der Waals surface area (Å²) in [4.78, 5) is 12.5. The van der Waals surface area contributed by atoms with Crippen molar-refractivity contribution in [3.05, 3.63) is 58.7 Å². The van der Waals surface area contributed by atoms with Crippen LogP contribution in [0.15, 0.2) is 30.3 Å². The van der Waals surface area contributed by atoms with Crippen LogP contribution < -0.4 is 5.32 Å². The van der Waals surface area contributed by atoms with Crippen molar-refractivity contribution in [1.82, 2.24) is 29.1 Å². The SMILES string of the molecule is Cc1nsnc1Cn1nnc(C(=O)NC(C)c2ccccc2)c1C. The summed E-state index contributed by atoms with van der Waals surface area (Å²) in [6.07, 6.45) is 0. The van der Waals surface area contributed by atoms with Crippen molar-refractivity contribution in [3.63, 3.8) is 0 Å². The minimum absolute atomic E-state index is 0.103. The maximum Gasteiger partial charge on any atom is 0.274 e. The molecule has 1 amide bonds. The second-order valence-electron chi connectivity index (χ2n) is 5.58. The number of aryl methyl sites for hydroxylation is 1. The number of nitrogens with zero attached hydrogens (tertiary/aromatic N) is 5. The minimum atomic E-state index is -0.233. The summed E-state index contributed by atoms with van der Waals surface area (Å²) < 4.78 is 10.1. The van der Waals surface area contributed by atoms with E-state index >= 15 is 0 Å². The van der Waals surface area contributed by atoms with E-state index in [4.69, 9.17) is 0 Å². The lowest BCUT2D eigenvalue weighted by Crippen LogP contribution is -2.27. The van der Waals surface area contributed by atoms with E-state index < -0.39 is 0 Å². The van der Waals surface area contributed by atoms with Gasteiger partial charge < -0.3 is 5.32 Å². The Balaban J connectivity index is 1.73. The second-order valence-corrected chi connectivity index (χ2v) is 6.11. The number of aromatic nitrogens is 5. The molecule has 24 heavy (non-hydrogen) atoms. The van der Waals surface area contributed by atoms with Gasteiger partial charge in [0.05, 0.1) is 41.4 Å². The van der Waals surface area contributed by atoms with Crippen LogP contribution in [0.25, 0.3) is 0 Å². The topological polar surface area (TPSA) is 85.6 Å². The van der Waals surface area contributed by atoms with E-state index in [1.165, 1.54) is 11.7 Å². The summed E-state index contributed by atoms with van der Waals surface area (Å²) in [5, 5.41) is 11.1. The van der Waals surface area contributed by atoms with Crippen molar-refractivity contribution < 1.29 is 4.79 Å². The number of benzene rings is 1. The van der Waals surface area contributed by atoms with Gasteiger partial charge in [0.2, 0.25) is 0 Å². The highest BCUT2D eigenvalue weighted by Crippen LogP contribution is 2.14. The quantitative estimate of drug-likeness (QED) is 0.769. The fraction of sp³-hybridized carbons (Fsp3) is 0.312. The molecule has 0 fully saturated rings. The van der Waals surface area contributed by atoms with Gasteiger partial charge in [-0.3, -0.25) is 4.79 Å². The number of hydrogen-bond acceptors (Lipinski definition) is 6. The molecule has 7 nitrogen and oxygen atoms in total. The van der Waals surface area contributed by atoms with Crippen molar-refractivity contribution in [1.29, 1.82) is 0 Å². The van der Waals surface area contributed by atoms with E-state index in [2.05, 4.69) is 24.4 Å². The summed E-state index contributed by atoms with van der Waals surface area (Å²) in [6, 6.07) is 9.70. The Bertz CT molecular complexity index is 841. The molecule has 0 bridgehead atoms. The predicted molar refractivity (Wildman–Crippen MR) is 90.8 cm³/mol. The molecule has 2 aromatic heterocycles. The minimum Gasteiger partial charge on any atom is -0.344 e. The van der Waals surface area contributed by atoms with Crippen molar-refractivity contribution in [2.24, 2.45) is 0 Å². The number of amides is 1. The van der Waals surface area contributed by atoms with E-state index in [1.807, 2.05) is 51.1 Å². The molecular formula is C16H18N6OS. The monoisotopic (exact) mass is 342 g/mol. The largest absolute Gasteiger partial charge is 0.344 e. The highest BCUT2D eigenvalue weighted by atomic mass is 32.1. The van der Waals surface area contributed by atoms with Crippen molar-refractivity contribution in [2.75, 3.05) is 0 Å². The van der Waals surface area contributed by atoms with Gasteiger partial charge >= 0.3 is 0 Å². The Kier molecular flexibility index (Phi) is 4.66. The third-order valence-electron chi connectivity index (χ3n) is 3.89. The van der Waals surface area contributed by atoms with Crippen molar-refractivity contribution in [2.45, 2.75) is 33.4 Å². The van der Waals surface area contributed by atoms with Crippen molar-refractivity contribution >= 4 is 17.6 Å². The van der Waals surface area contributed by atoms with Gasteiger partial charge in [-0.05, 0) is 26.3 Å². The molecule has 0 aliphatic heterocycles. The average Bonchev–Trinajstić information content (AvgIpc) is 3.15. The number of carbonyl (C=O) groups excluding carboxylic acids is 1. The molecule has 0 aliphatic carbocycles. The van der Waals surface area contributed by atoms with E-state index in [-0.39, 0.29) is 11.9 Å². The average molecular weight is 342 g/mol. The van der Waals surface area contributed by atoms with E-state index in [9.17, 15) is 4.79 Å². The molecule has 1 N–H and O–H groups in total. The smallest absolute Gasteiger partial charge is 0.274 e. The van der Waals surface area contributed by atoms with E-state index in [0.717, 1.165) is 17.0 Å². The van der Waals surface area contributed by atoms with Gasteiger partial charge in [-0.15, -0.1) is 5.10 Å². The molecule has 1 unspecified atom stereocenters. The van der Waals surface area contributed by atoms with Gasteiger partial charge in [0.1, 0.15) is 0 Å². The first kappa shape index (κ1) is 16.3. The molecule has 0 spiro atoms. The first-order chi connectivity index (χ1) is 11.6. The third kappa shape index (κ3) is 3.33. The van der Waals surface area contributed by atoms with Gasteiger partial charge in [-0.25, -0.2) is 4.68 Å². The normalized spacial score (nSPS) is 12.1. The molecule has 1 atom stereocenters. The molecule has 3 rings (SSSR count). The van der Waals surface area contributed by atoms with Crippen LogP contribution in [0.2, 0.25) is 0 Å². The lowest BCUT2D eigenvalue weighted by atomic mass is 10.1. The van der Waals surface area contributed by atoms with Gasteiger partial charge in [0.15, 0.2) is 5.69 Å². The summed E-state index contributed by atoms with van der Waals surface area (Å²) in [6.45, 7) is 6.14. The molecule has 2 heterocycles. The van der Waals surface area contributed by atoms with Crippen molar-refractivity contribution in [3.8, 4) is 0 Å². The Hall–Kier alpha value is -2.61. The maximum atomic E-state index is 12.5. The summed E-state index contributed by atoms with van der Waals surface area (Å²) in [7, 11) is 0. The molecule has 124 valence electrons. The fourth-order valence-corrected chi connectivity index (χ4v) is 2.90. The Labute approximate surface area is 144 Å². The molecule has 8 heteroatoms. The number of hydrogen-bond donors (Lipinski definition) is 1. The molecule has 0 aliphatic rings. The zero-order chi connectivity index (χ0) is 17.1. The highest BCUT2D eigenvalue weighted by Gasteiger charge is 2.19. The lowest BCUT2D eigenvalue weighted by Gasteiger charge is -2.13. The lowest BCUT2D eigenvalue weighted by molar-refractivity contribution is 0.0934. The van der Waals surface area contributed by atoms with E-state index in [0.29, 0.717) is 17.9 Å². The summed E-state index contributed by atoms with van der Waals surface area (Å²) in [5.41, 5.74) is 3.80. The number of carbonyl (C=O) groups is 1. The predicted octanol–water partition coefficient (Wildman–Crippen LogP) is 2.29. The van der Waals surface area contributed by atoms with Gasteiger partial charge in [-0.1, -0.05) is 35.5 Å². The molecule has 1 aromatic carbocycles. The first-order valence-electron chi connectivity index (χ1n) is 7.60. The van der Waals surface area contributed by atoms with Crippen LogP contribution in [0.5, 0.6) is 0 Å². The molecule has 3 aromatic rings. The highest BCUT2D eigenvalue weighted by molar-refractivity contribution is 6.99. The third-order valence-corrected chi connectivity index (χ3v) is 4.55. The van der Waals surface area contributed by atoms with Crippen LogP contribution in [0, 0.1) is 13.8 Å². The zero-order valence-corrected chi connectivity index (χ0v) is 14.5. The van der Waals surface area contributed by atoms with Crippen LogP contribution in [0.3, 0.4) is 0 Å².